The molecule has 134 valence electrons. The van der Waals surface area contributed by atoms with E-state index >= 15 is 0 Å². The third-order valence-electron chi connectivity index (χ3n) is 4.52. The Labute approximate surface area is 160 Å². The highest BCUT2D eigenvalue weighted by Gasteiger charge is 2.49. The molecule has 2 aromatic rings. The van der Waals surface area contributed by atoms with Crippen LogP contribution in [0.3, 0.4) is 0 Å². The second-order valence-electron chi connectivity index (χ2n) is 6.49. The summed E-state index contributed by atoms with van der Waals surface area (Å²) in [6.07, 6.45) is -0.183. The molecule has 0 radical (unpaired) electrons. The van der Waals surface area contributed by atoms with E-state index in [2.05, 4.69) is 27.8 Å². The van der Waals surface area contributed by atoms with Crippen LogP contribution in [0, 0.1) is 6.92 Å². The fourth-order valence-electron chi connectivity index (χ4n) is 3.05. The summed E-state index contributed by atoms with van der Waals surface area (Å²) >= 11 is 3.36. The molecule has 1 heterocycles. The van der Waals surface area contributed by atoms with Gasteiger partial charge in [0.15, 0.2) is 5.60 Å². The molecule has 1 aliphatic heterocycles. The van der Waals surface area contributed by atoms with Crippen LogP contribution < -0.4 is 10.2 Å². The van der Waals surface area contributed by atoms with Crippen LogP contribution in [0.1, 0.15) is 17.5 Å². The zero-order chi connectivity index (χ0) is 19.1. The number of aryl methyl sites for hydroxylation is 1. The Balaban J connectivity index is 1.82. The lowest BCUT2D eigenvalue weighted by atomic mass is 9.88. The first kappa shape index (κ1) is 18.4. The van der Waals surface area contributed by atoms with Crippen molar-refractivity contribution in [3.05, 3.63) is 70.2 Å². The van der Waals surface area contributed by atoms with Gasteiger partial charge < -0.3 is 15.3 Å². The van der Waals surface area contributed by atoms with Crippen molar-refractivity contribution < 1.29 is 14.7 Å². The van der Waals surface area contributed by atoms with Crippen LogP contribution in [0.15, 0.2) is 59.1 Å². The second kappa shape index (κ2) is 6.70. The molecule has 0 aliphatic carbocycles. The van der Waals surface area contributed by atoms with Crippen molar-refractivity contribution in [3.63, 3.8) is 0 Å². The molecule has 5 nitrogen and oxygen atoms in total. The van der Waals surface area contributed by atoms with Crippen LogP contribution >= 0.6 is 15.9 Å². The molecule has 0 saturated carbocycles. The number of fused-ring (bicyclic) bond motifs is 1. The van der Waals surface area contributed by atoms with E-state index in [0.717, 1.165) is 10.0 Å². The van der Waals surface area contributed by atoms with Gasteiger partial charge in [0.05, 0.1) is 5.69 Å². The van der Waals surface area contributed by atoms with Crippen LogP contribution in [0.2, 0.25) is 0 Å². The molecule has 0 fully saturated rings. The quantitative estimate of drug-likeness (QED) is 0.752. The minimum atomic E-state index is -1.81. The van der Waals surface area contributed by atoms with E-state index in [-0.39, 0.29) is 12.0 Å². The normalized spacial score (nSPS) is 18.6. The van der Waals surface area contributed by atoms with Gasteiger partial charge >= 0.3 is 0 Å². The topological polar surface area (TPSA) is 69.6 Å². The van der Waals surface area contributed by atoms with Gasteiger partial charge in [0.25, 0.3) is 11.8 Å². The van der Waals surface area contributed by atoms with Gasteiger partial charge in [-0.1, -0.05) is 40.2 Å². The molecular formula is C20H19BrN2O3. The monoisotopic (exact) mass is 414 g/mol. The summed E-state index contributed by atoms with van der Waals surface area (Å²) in [6.45, 7) is 5.73. The number of rotatable bonds is 4. The van der Waals surface area contributed by atoms with E-state index in [1.54, 1.807) is 37.4 Å². The number of hydrogen-bond donors (Lipinski definition) is 2. The van der Waals surface area contributed by atoms with Gasteiger partial charge in [-0.2, -0.15) is 0 Å². The van der Waals surface area contributed by atoms with Gasteiger partial charge in [0.1, 0.15) is 0 Å². The first-order valence-electron chi connectivity index (χ1n) is 8.09. The molecule has 6 heteroatoms. The molecular weight excluding hydrogens is 396 g/mol. The zero-order valence-electron chi connectivity index (χ0n) is 14.5. The van der Waals surface area contributed by atoms with Crippen LogP contribution in [0.25, 0.3) is 0 Å². The Bertz CT molecular complexity index is 908. The minimum Gasteiger partial charge on any atom is -0.375 e. The molecule has 1 atom stereocenters. The van der Waals surface area contributed by atoms with Crippen LogP contribution in [0.4, 0.5) is 11.4 Å². The third-order valence-corrected chi connectivity index (χ3v) is 5.02. The summed E-state index contributed by atoms with van der Waals surface area (Å²) in [5, 5.41) is 13.8. The average molecular weight is 415 g/mol. The van der Waals surface area contributed by atoms with Crippen LogP contribution in [0.5, 0.6) is 0 Å². The number of anilines is 2. The largest absolute Gasteiger partial charge is 0.375 e. The van der Waals surface area contributed by atoms with E-state index in [4.69, 9.17) is 0 Å². The van der Waals surface area contributed by atoms with Crippen LogP contribution in [-0.4, -0.2) is 24.0 Å². The van der Waals surface area contributed by atoms with E-state index in [0.29, 0.717) is 16.9 Å². The lowest BCUT2D eigenvalue weighted by Gasteiger charge is -2.23. The Morgan fingerprint density at radius 2 is 1.92 bits per heavy atom. The Morgan fingerprint density at radius 1 is 1.27 bits per heavy atom. The molecule has 0 saturated heterocycles. The predicted molar refractivity (Wildman–Crippen MR) is 105 cm³/mol. The molecule has 0 aromatic heterocycles. The first-order valence-corrected chi connectivity index (χ1v) is 8.88. The Hall–Kier alpha value is -2.44. The van der Waals surface area contributed by atoms with Crippen molar-refractivity contribution >= 4 is 39.1 Å². The van der Waals surface area contributed by atoms with E-state index < -0.39 is 17.4 Å². The lowest BCUT2D eigenvalue weighted by Crippen LogP contribution is -2.39. The first-order chi connectivity index (χ1) is 12.2. The highest BCUT2D eigenvalue weighted by Crippen LogP contribution is 2.44. The SMILES string of the molecule is C=C(C[C@@]1(O)C(=O)N(C)c2ccc(Br)cc21)C(=O)Nc1ccc(C)cc1. The highest BCUT2D eigenvalue weighted by atomic mass is 79.9. The lowest BCUT2D eigenvalue weighted by molar-refractivity contribution is -0.135. The number of benzene rings is 2. The third kappa shape index (κ3) is 3.18. The fraction of sp³-hybridized carbons (Fsp3) is 0.200. The fourth-order valence-corrected chi connectivity index (χ4v) is 3.41. The maximum Gasteiger partial charge on any atom is 0.263 e. The summed E-state index contributed by atoms with van der Waals surface area (Å²) in [7, 11) is 1.60. The molecule has 0 bridgehead atoms. The summed E-state index contributed by atoms with van der Waals surface area (Å²) in [4.78, 5) is 26.5. The van der Waals surface area contributed by atoms with Crippen molar-refractivity contribution in [1.82, 2.24) is 0 Å². The number of carbonyl (C=O) groups excluding carboxylic acids is 2. The Kier molecular flexibility index (Phi) is 4.73. The molecule has 0 spiro atoms. The number of likely N-dealkylation sites (N-methyl/N-ethyl adjacent to an activating group) is 1. The average Bonchev–Trinajstić information content (AvgIpc) is 2.78. The summed E-state index contributed by atoms with van der Waals surface area (Å²) in [5.41, 5.74) is 1.11. The van der Waals surface area contributed by atoms with Crippen molar-refractivity contribution in [2.45, 2.75) is 18.9 Å². The van der Waals surface area contributed by atoms with Gasteiger partial charge in [0.2, 0.25) is 0 Å². The summed E-state index contributed by atoms with van der Waals surface area (Å²) in [5.74, 6) is -0.906. The molecule has 2 aromatic carbocycles. The Morgan fingerprint density at radius 3 is 2.58 bits per heavy atom. The van der Waals surface area contributed by atoms with Crippen molar-refractivity contribution in [2.24, 2.45) is 0 Å². The van der Waals surface area contributed by atoms with Crippen LogP contribution in [-0.2, 0) is 15.2 Å². The summed E-state index contributed by atoms with van der Waals surface area (Å²) < 4.78 is 0.743. The minimum absolute atomic E-state index is 0.127. The maximum atomic E-state index is 12.6. The predicted octanol–water partition coefficient (Wildman–Crippen LogP) is 3.51. The second-order valence-corrected chi connectivity index (χ2v) is 7.40. The number of aliphatic hydroxyl groups is 1. The number of nitrogens with zero attached hydrogens (tertiary/aromatic N) is 1. The number of nitrogens with one attached hydrogen (secondary N) is 1. The zero-order valence-corrected chi connectivity index (χ0v) is 16.1. The van der Waals surface area contributed by atoms with Gasteiger partial charge in [-0.3, -0.25) is 9.59 Å². The molecule has 3 rings (SSSR count). The molecule has 0 unspecified atom stereocenters. The number of halogens is 1. The van der Waals surface area contributed by atoms with Gasteiger partial charge in [0, 0.05) is 34.8 Å². The van der Waals surface area contributed by atoms with Gasteiger partial charge in [-0.15, -0.1) is 0 Å². The van der Waals surface area contributed by atoms with Crippen molar-refractivity contribution in [2.75, 3.05) is 17.3 Å². The summed E-state index contributed by atoms with van der Waals surface area (Å²) in [6, 6.07) is 12.6. The van der Waals surface area contributed by atoms with Crippen molar-refractivity contribution in [3.8, 4) is 0 Å². The smallest absolute Gasteiger partial charge is 0.263 e. The van der Waals surface area contributed by atoms with E-state index in [1.165, 1.54) is 4.90 Å². The molecule has 1 aliphatic rings. The van der Waals surface area contributed by atoms with Crippen molar-refractivity contribution in [1.29, 1.82) is 0 Å². The van der Waals surface area contributed by atoms with E-state index in [1.807, 2.05) is 19.1 Å². The molecule has 2 N–H and O–H groups in total. The van der Waals surface area contributed by atoms with Gasteiger partial charge in [-0.25, -0.2) is 0 Å². The number of hydrogen-bond acceptors (Lipinski definition) is 3. The number of carbonyl (C=O) groups is 2. The standard InChI is InChI=1S/C20H19BrN2O3/c1-12-4-7-15(8-5-12)22-18(24)13(2)11-20(26)16-10-14(21)6-9-17(16)23(3)19(20)25/h4-10,26H,2,11H2,1,3H3,(H,22,24)/t20-/m0/s1. The molecule has 2 amide bonds. The van der Waals surface area contributed by atoms with E-state index in [9.17, 15) is 14.7 Å². The number of amides is 2. The molecule has 26 heavy (non-hydrogen) atoms. The maximum absolute atomic E-state index is 12.6. The van der Waals surface area contributed by atoms with Gasteiger partial charge in [-0.05, 0) is 37.3 Å². The highest BCUT2D eigenvalue weighted by molar-refractivity contribution is 9.10.